The molecular weight excluding hydrogens is 357 g/mol. The monoisotopic (exact) mass is 369 g/mol. The Morgan fingerprint density at radius 2 is 1.39 bits per heavy atom. The molecule has 0 aliphatic carbocycles. The molecule has 0 unspecified atom stereocenters. The molecule has 0 aliphatic heterocycles. The van der Waals surface area contributed by atoms with Gasteiger partial charge in [0.2, 0.25) is 0 Å². The van der Waals surface area contributed by atoms with E-state index in [-0.39, 0.29) is 67.5 Å². The van der Waals surface area contributed by atoms with Crippen molar-refractivity contribution in [2.45, 2.75) is 0 Å². The van der Waals surface area contributed by atoms with E-state index in [0.717, 1.165) is 0 Å². The van der Waals surface area contributed by atoms with Gasteiger partial charge in [0.15, 0.2) is 0 Å². The van der Waals surface area contributed by atoms with Gasteiger partial charge in [-0.3, -0.25) is 15.0 Å². The summed E-state index contributed by atoms with van der Waals surface area (Å²) in [6.07, 6.45) is 0. The number of carbonyl (C=O) groups is 2. The molecule has 2 amide bonds. The fourth-order valence-electron chi connectivity index (χ4n) is 1.68. The van der Waals surface area contributed by atoms with Gasteiger partial charge in [-0.05, 0) is 40.7 Å². The summed E-state index contributed by atoms with van der Waals surface area (Å²) in [5, 5.41) is 2.75. The van der Waals surface area contributed by atoms with Crippen LogP contribution in [-0.2, 0) is 12.6 Å². The standard InChI is InChI=1S/C15H13N3O2S2.K/c19-13(10-4-2-1-3-5-10)16-12-8-6-11(7-9-12)14(20)17-18-15(21)22;/h1-9H,(H,16,19)(H,17,20)(H2,18,21,22);/q;+1/p-1. The van der Waals surface area contributed by atoms with Crippen LogP contribution in [0.15, 0.2) is 54.6 Å². The molecule has 0 radical (unpaired) electrons. The van der Waals surface area contributed by atoms with Gasteiger partial charge in [-0.1, -0.05) is 18.2 Å². The first-order valence-corrected chi connectivity index (χ1v) is 7.12. The largest absolute Gasteiger partial charge is 1.00 e. The fourth-order valence-corrected chi connectivity index (χ4v) is 1.78. The maximum Gasteiger partial charge on any atom is 1.00 e. The minimum atomic E-state index is -0.367. The Hall–Kier alpha value is -0.874. The number of anilines is 1. The summed E-state index contributed by atoms with van der Waals surface area (Å²) >= 11 is 9.24. The van der Waals surface area contributed by atoms with Crippen molar-refractivity contribution in [2.75, 3.05) is 5.32 Å². The molecule has 2 aromatic rings. The van der Waals surface area contributed by atoms with Crippen molar-refractivity contribution in [2.24, 2.45) is 0 Å². The second kappa shape index (κ2) is 10.1. The second-order valence-electron chi connectivity index (χ2n) is 4.26. The predicted molar refractivity (Wildman–Crippen MR) is 91.4 cm³/mol. The molecule has 0 spiro atoms. The summed E-state index contributed by atoms with van der Waals surface area (Å²) in [5.41, 5.74) is 6.32. The number of hydrogen-bond acceptors (Lipinski definition) is 4. The summed E-state index contributed by atoms with van der Waals surface area (Å²) in [6.45, 7) is 0. The minimum absolute atomic E-state index is 0. The Bertz CT molecular complexity index is 694. The SMILES string of the molecule is O=C(NNC(=S)[S-])c1ccc(NC(=O)c2ccccc2)cc1.[K+]. The Labute approximate surface area is 187 Å². The van der Waals surface area contributed by atoms with Gasteiger partial charge in [-0.25, -0.2) is 0 Å². The molecule has 0 fully saturated rings. The van der Waals surface area contributed by atoms with Gasteiger partial charge in [0.1, 0.15) is 0 Å². The number of hydrogen-bond donors (Lipinski definition) is 3. The Morgan fingerprint density at radius 1 is 0.826 bits per heavy atom. The van der Waals surface area contributed by atoms with Crippen LogP contribution in [-0.4, -0.2) is 16.1 Å². The first kappa shape index (κ1) is 20.2. The Kier molecular flexibility index (Phi) is 8.85. The molecule has 0 heterocycles. The van der Waals surface area contributed by atoms with E-state index in [9.17, 15) is 9.59 Å². The third kappa shape index (κ3) is 6.64. The summed E-state index contributed by atoms with van der Waals surface area (Å²) in [4.78, 5) is 23.7. The maximum atomic E-state index is 12.0. The predicted octanol–water partition coefficient (Wildman–Crippen LogP) is -0.991. The van der Waals surface area contributed by atoms with Gasteiger partial charge in [0.25, 0.3) is 11.8 Å². The molecule has 2 rings (SSSR count). The third-order valence-electron chi connectivity index (χ3n) is 2.72. The van der Waals surface area contributed by atoms with E-state index in [2.05, 4.69) is 41.0 Å². The zero-order valence-corrected chi connectivity index (χ0v) is 17.1. The molecular formula is C15H12KN3O2S2. The fraction of sp³-hybridized carbons (Fsp3) is 0. The molecule has 5 nitrogen and oxygen atoms in total. The molecule has 0 bridgehead atoms. The van der Waals surface area contributed by atoms with E-state index in [4.69, 9.17) is 0 Å². The summed E-state index contributed by atoms with van der Waals surface area (Å²) in [7, 11) is 0. The molecule has 0 saturated carbocycles. The first-order chi connectivity index (χ1) is 10.6. The average molecular weight is 370 g/mol. The summed E-state index contributed by atoms with van der Waals surface area (Å²) in [6, 6.07) is 15.3. The molecule has 0 aliphatic rings. The third-order valence-corrected chi connectivity index (χ3v) is 2.92. The van der Waals surface area contributed by atoms with Gasteiger partial charge in [-0.2, -0.15) is 0 Å². The Balaban J connectivity index is 0.00000264. The van der Waals surface area contributed by atoms with E-state index in [0.29, 0.717) is 16.8 Å². The van der Waals surface area contributed by atoms with Crippen molar-refractivity contribution in [3.8, 4) is 0 Å². The van der Waals surface area contributed by atoms with Crippen LogP contribution in [0.2, 0.25) is 0 Å². The number of nitrogens with one attached hydrogen (secondary N) is 3. The van der Waals surface area contributed by atoms with Crippen LogP contribution >= 0.6 is 12.2 Å². The number of amides is 2. The molecule has 0 aromatic heterocycles. The van der Waals surface area contributed by atoms with Gasteiger partial charge in [0, 0.05) is 16.8 Å². The van der Waals surface area contributed by atoms with Crippen LogP contribution < -0.4 is 67.6 Å². The Morgan fingerprint density at radius 3 is 1.96 bits per heavy atom. The number of thiocarbonyl (C=S) groups is 1. The van der Waals surface area contributed by atoms with Crippen molar-refractivity contribution in [3.05, 3.63) is 65.7 Å². The number of carbonyl (C=O) groups excluding carboxylic acids is 2. The quantitative estimate of drug-likeness (QED) is 0.281. The van der Waals surface area contributed by atoms with Crippen LogP contribution in [0.4, 0.5) is 5.69 Å². The van der Waals surface area contributed by atoms with Crippen molar-refractivity contribution in [3.63, 3.8) is 0 Å². The zero-order valence-electron chi connectivity index (χ0n) is 12.3. The van der Waals surface area contributed by atoms with E-state index < -0.39 is 0 Å². The number of rotatable bonds is 3. The number of hydrazine groups is 1. The smallest absolute Gasteiger partial charge is 0.410 e. The molecule has 112 valence electrons. The maximum absolute atomic E-state index is 12.0. The van der Waals surface area contributed by atoms with E-state index in [1.54, 1.807) is 48.5 Å². The summed E-state index contributed by atoms with van der Waals surface area (Å²) < 4.78 is 0.0556. The molecule has 0 saturated heterocycles. The van der Waals surface area contributed by atoms with Gasteiger partial charge >= 0.3 is 51.4 Å². The van der Waals surface area contributed by atoms with Gasteiger partial charge < -0.3 is 35.6 Å². The van der Waals surface area contributed by atoms with Crippen LogP contribution in [0.5, 0.6) is 0 Å². The summed E-state index contributed by atoms with van der Waals surface area (Å²) in [5.74, 6) is -0.580. The van der Waals surface area contributed by atoms with E-state index >= 15 is 0 Å². The van der Waals surface area contributed by atoms with Crippen molar-refractivity contribution < 1.29 is 61.0 Å². The van der Waals surface area contributed by atoms with Gasteiger partial charge in [-0.15, -0.1) is 0 Å². The van der Waals surface area contributed by atoms with E-state index in [1.165, 1.54) is 0 Å². The second-order valence-corrected chi connectivity index (χ2v) is 5.34. The average Bonchev–Trinajstić information content (AvgIpc) is 2.54. The van der Waals surface area contributed by atoms with Crippen LogP contribution in [0.25, 0.3) is 0 Å². The van der Waals surface area contributed by atoms with Crippen molar-refractivity contribution >= 4 is 46.7 Å². The topological polar surface area (TPSA) is 70.2 Å². The van der Waals surface area contributed by atoms with Gasteiger partial charge in [0.05, 0.1) is 0 Å². The molecule has 2 aromatic carbocycles. The van der Waals surface area contributed by atoms with Crippen molar-refractivity contribution in [1.82, 2.24) is 10.9 Å². The van der Waals surface area contributed by atoms with Crippen LogP contribution in [0.3, 0.4) is 0 Å². The minimum Gasteiger partial charge on any atom is -0.410 e. The van der Waals surface area contributed by atoms with Crippen LogP contribution in [0.1, 0.15) is 20.7 Å². The molecule has 3 N–H and O–H groups in total. The molecule has 8 heteroatoms. The van der Waals surface area contributed by atoms with Crippen LogP contribution in [0, 0.1) is 0 Å². The molecule has 23 heavy (non-hydrogen) atoms. The molecule has 0 atom stereocenters. The zero-order chi connectivity index (χ0) is 15.9. The first-order valence-electron chi connectivity index (χ1n) is 6.30. The number of benzene rings is 2. The van der Waals surface area contributed by atoms with Crippen molar-refractivity contribution in [1.29, 1.82) is 0 Å². The normalized spacial score (nSPS) is 9.22. The van der Waals surface area contributed by atoms with E-state index in [1.807, 2.05) is 6.07 Å².